The van der Waals surface area contributed by atoms with Crippen molar-refractivity contribution in [3.05, 3.63) is 92.6 Å². The number of azo groups is 1. The number of aromatic hydroxyl groups is 1. The maximum atomic E-state index is 13.3. The van der Waals surface area contributed by atoms with Crippen molar-refractivity contribution in [3.63, 3.8) is 0 Å². The van der Waals surface area contributed by atoms with Crippen molar-refractivity contribution in [2.24, 2.45) is 10.2 Å². The molecule has 1 fully saturated rings. The quantitative estimate of drug-likeness (QED) is 0.294. The number of rotatable bonds is 5. The number of phenolic OH excluding ortho intramolecular Hbond substituents is 1. The number of hydrogen-bond donors (Lipinski definition) is 1. The molecule has 1 aliphatic heterocycles. The van der Waals surface area contributed by atoms with Gasteiger partial charge in [0.05, 0.1) is 22.8 Å². The minimum absolute atomic E-state index is 0.0708. The summed E-state index contributed by atoms with van der Waals surface area (Å²) < 4.78 is 13.3. The van der Waals surface area contributed by atoms with Gasteiger partial charge in [-0.05, 0) is 90.8 Å². The van der Waals surface area contributed by atoms with Crippen LogP contribution in [0.15, 0.2) is 69.7 Å². The number of halogens is 2. The summed E-state index contributed by atoms with van der Waals surface area (Å²) in [5.41, 5.74) is 4.19. The highest BCUT2D eigenvalue weighted by atomic mass is 35.5. The second kappa shape index (κ2) is 9.79. The second-order valence-corrected chi connectivity index (χ2v) is 9.12. The second-order valence-electron chi connectivity index (χ2n) is 7.72. The Hall–Kier alpha value is -3.49. The Morgan fingerprint density at radius 3 is 2.41 bits per heavy atom. The number of aryl methyl sites for hydroxylation is 2. The van der Waals surface area contributed by atoms with Crippen LogP contribution in [0.4, 0.5) is 20.6 Å². The molecule has 0 atom stereocenters. The first-order chi connectivity index (χ1) is 16.2. The third-order valence-corrected chi connectivity index (χ3v) is 6.55. The lowest BCUT2D eigenvalue weighted by atomic mass is 10.1. The maximum Gasteiger partial charge on any atom is 0.293 e. The number of carbonyl (C=O) groups is 2. The smallest absolute Gasteiger partial charge is 0.293 e. The molecule has 1 N–H and O–H groups in total. The van der Waals surface area contributed by atoms with Crippen LogP contribution >= 0.6 is 23.4 Å². The lowest BCUT2D eigenvalue weighted by Gasteiger charge is -2.13. The van der Waals surface area contributed by atoms with Gasteiger partial charge in [0.2, 0.25) is 0 Å². The molecule has 0 radical (unpaired) electrons. The molecule has 3 aromatic carbocycles. The van der Waals surface area contributed by atoms with Gasteiger partial charge in [-0.1, -0.05) is 23.7 Å². The van der Waals surface area contributed by atoms with E-state index in [2.05, 4.69) is 10.2 Å². The number of imide groups is 1. The first kappa shape index (κ1) is 23.7. The zero-order valence-electron chi connectivity index (χ0n) is 18.3. The number of amides is 2. The van der Waals surface area contributed by atoms with E-state index >= 15 is 0 Å². The summed E-state index contributed by atoms with van der Waals surface area (Å²) in [5.74, 6) is -1.11. The van der Waals surface area contributed by atoms with E-state index in [0.29, 0.717) is 22.5 Å². The number of nitrogens with zero attached hydrogens (tertiary/aromatic N) is 3. The molecule has 0 aliphatic carbocycles. The van der Waals surface area contributed by atoms with Gasteiger partial charge in [-0.2, -0.15) is 10.2 Å². The number of phenols is 1. The van der Waals surface area contributed by atoms with Gasteiger partial charge in [0, 0.05) is 10.6 Å². The third kappa shape index (κ3) is 5.18. The molecule has 1 heterocycles. The summed E-state index contributed by atoms with van der Waals surface area (Å²) in [6.07, 6.45) is 1.43. The monoisotopic (exact) mass is 495 g/mol. The fourth-order valence-electron chi connectivity index (χ4n) is 3.22. The molecule has 4 rings (SSSR count). The SMILES string of the molecule is Cc1ccc(N=Nc2ccc(O)c(/C=C3\SC(=O)N(Cc4ccc(F)cc4Cl)C3=O)c2)cc1C. The van der Waals surface area contributed by atoms with Crippen LogP contribution in [0.2, 0.25) is 5.02 Å². The van der Waals surface area contributed by atoms with Gasteiger partial charge in [-0.15, -0.1) is 0 Å². The van der Waals surface area contributed by atoms with E-state index in [4.69, 9.17) is 11.6 Å². The number of carbonyl (C=O) groups excluding carboxylic acids is 2. The van der Waals surface area contributed by atoms with Gasteiger partial charge in [0.25, 0.3) is 11.1 Å². The van der Waals surface area contributed by atoms with Crippen molar-refractivity contribution in [1.82, 2.24) is 4.90 Å². The molecule has 2 amide bonds. The van der Waals surface area contributed by atoms with E-state index in [9.17, 15) is 19.1 Å². The van der Waals surface area contributed by atoms with E-state index in [1.165, 1.54) is 24.3 Å². The van der Waals surface area contributed by atoms with Crippen LogP contribution in [-0.4, -0.2) is 21.2 Å². The van der Waals surface area contributed by atoms with Gasteiger partial charge in [0.15, 0.2) is 0 Å². The van der Waals surface area contributed by atoms with Crippen LogP contribution in [0.3, 0.4) is 0 Å². The normalized spacial score (nSPS) is 15.2. The summed E-state index contributed by atoms with van der Waals surface area (Å²) in [4.78, 5) is 26.5. The van der Waals surface area contributed by atoms with Gasteiger partial charge in [0.1, 0.15) is 11.6 Å². The zero-order valence-corrected chi connectivity index (χ0v) is 19.8. The summed E-state index contributed by atoms with van der Waals surface area (Å²) in [6.45, 7) is 3.92. The highest BCUT2D eigenvalue weighted by molar-refractivity contribution is 8.18. The van der Waals surface area contributed by atoms with E-state index in [0.717, 1.165) is 33.9 Å². The number of thioether (sulfide) groups is 1. The average Bonchev–Trinajstić information content (AvgIpc) is 3.05. The predicted molar refractivity (Wildman–Crippen MR) is 131 cm³/mol. The summed E-state index contributed by atoms with van der Waals surface area (Å²) in [7, 11) is 0. The van der Waals surface area contributed by atoms with Crippen LogP contribution in [0, 0.1) is 19.7 Å². The lowest BCUT2D eigenvalue weighted by Crippen LogP contribution is -2.27. The van der Waals surface area contributed by atoms with E-state index < -0.39 is 17.0 Å². The summed E-state index contributed by atoms with van der Waals surface area (Å²) >= 11 is 6.78. The van der Waals surface area contributed by atoms with Crippen molar-refractivity contribution >= 4 is 52.0 Å². The molecule has 1 aliphatic rings. The van der Waals surface area contributed by atoms with E-state index in [1.807, 2.05) is 32.0 Å². The fourth-order valence-corrected chi connectivity index (χ4v) is 4.28. The third-order valence-electron chi connectivity index (χ3n) is 5.29. The van der Waals surface area contributed by atoms with Crippen LogP contribution in [-0.2, 0) is 11.3 Å². The molecular weight excluding hydrogens is 477 g/mol. The minimum Gasteiger partial charge on any atom is -0.507 e. The summed E-state index contributed by atoms with van der Waals surface area (Å²) in [5, 5.41) is 18.4. The van der Waals surface area contributed by atoms with Gasteiger partial charge < -0.3 is 5.11 Å². The van der Waals surface area contributed by atoms with Crippen molar-refractivity contribution in [3.8, 4) is 5.75 Å². The Morgan fingerprint density at radius 1 is 1.00 bits per heavy atom. The molecular formula is C25H19ClFN3O3S. The molecule has 0 saturated carbocycles. The van der Waals surface area contributed by atoms with Crippen molar-refractivity contribution in [2.75, 3.05) is 0 Å². The van der Waals surface area contributed by atoms with Crippen LogP contribution in [0.1, 0.15) is 22.3 Å². The zero-order chi connectivity index (χ0) is 24.4. The van der Waals surface area contributed by atoms with E-state index in [-0.39, 0.29) is 22.2 Å². The van der Waals surface area contributed by atoms with Crippen LogP contribution < -0.4 is 0 Å². The Kier molecular flexibility index (Phi) is 6.81. The lowest BCUT2D eigenvalue weighted by molar-refractivity contribution is -0.123. The topological polar surface area (TPSA) is 82.3 Å². The Bertz CT molecular complexity index is 1370. The molecule has 0 unspecified atom stereocenters. The number of benzene rings is 3. The van der Waals surface area contributed by atoms with Crippen LogP contribution in [0.25, 0.3) is 6.08 Å². The summed E-state index contributed by atoms with van der Waals surface area (Å²) in [6, 6.07) is 14.1. The standard InChI is InChI=1S/C25H19ClFN3O3S/c1-14-3-6-19(9-15(14)2)28-29-20-7-8-22(31)17(10-20)11-23-24(32)30(25(33)34-23)13-16-4-5-18(27)12-21(16)26/h3-12,31H,13H2,1-2H3/b23-11-,29-28?. The molecule has 6 nitrogen and oxygen atoms in total. The first-order valence-corrected chi connectivity index (χ1v) is 11.4. The molecule has 172 valence electrons. The fraction of sp³-hybridized carbons (Fsp3) is 0.120. The first-order valence-electron chi connectivity index (χ1n) is 10.2. The van der Waals surface area contributed by atoms with E-state index in [1.54, 1.807) is 12.1 Å². The Balaban J connectivity index is 1.56. The Morgan fingerprint density at radius 2 is 1.71 bits per heavy atom. The van der Waals surface area contributed by atoms with Gasteiger partial charge in [-0.3, -0.25) is 14.5 Å². The highest BCUT2D eigenvalue weighted by Crippen LogP contribution is 2.36. The molecule has 9 heteroatoms. The molecule has 0 spiro atoms. The largest absolute Gasteiger partial charge is 0.507 e. The maximum absolute atomic E-state index is 13.3. The van der Waals surface area contributed by atoms with Crippen LogP contribution in [0.5, 0.6) is 5.75 Å². The predicted octanol–water partition coefficient (Wildman–Crippen LogP) is 7.45. The number of hydrogen-bond acceptors (Lipinski definition) is 6. The Labute approximate surface area is 204 Å². The van der Waals surface area contributed by atoms with Crippen molar-refractivity contribution in [2.45, 2.75) is 20.4 Å². The molecule has 0 aromatic heterocycles. The van der Waals surface area contributed by atoms with Crippen molar-refractivity contribution < 1.29 is 19.1 Å². The molecule has 3 aromatic rings. The van der Waals surface area contributed by atoms with Gasteiger partial charge >= 0.3 is 0 Å². The van der Waals surface area contributed by atoms with Gasteiger partial charge in [-0.25, -0.2) is 4.39 Å². The highest BCUT2D eigenvalue weighted by Gasteiger charge is 2.35. The molecule has 0 bridgehead atoms. The minimum atomic E-state index is -0.531. The average molecular weight is 496 g/mol. The molecule has 1 saturated heterocycles. The van der Waals surface area contributed by atoms with Crippen molar-refractivity contribution in [1.29, 1.82) is 0 Å². The molecule has 34 heavy (non-hydrogen) atoms.